The minimum atomic E-state index is -0.707. The minimum Gasteiger partial charge on any atom is -0.322 e. The van der Waals surface area contributed by atoms with E-state index in [0.29, 0.717) is 21.3 Å². The molecule has 2 N–H and O–H groups in total. The van der Waals surface area contributed by atoms with Crippen molar-refractivity contribution in [1.82, 2.24) is 0 Å². The van der Waals surface area contributed by atoms with E-state index < -0.39 is 11.7 Å². The molecule has 0 bridgehead atoms. The van der Waals surface area contributed by atoms with E-state index in [2.05, 4.69) is 10.6 Å². The van der Waals surface area contributed by atoms with Crippen LogP contribution in [0.3, 0.4) is 0 Å². The molecule has 1 aromatic carbocycles. The van der Waals surface area contributed by atoms with Gasteiger partial charge in [-0.3, -0.25) is 14.4 Å². The summed E-state index contributed by atoms with van der Waals surface area (Å²) in [6.45, 7) is 1.21. The lowest BCUT2D eigenvalue weighted by Crippen LogP contribution is -2.22. The zero-order valence-electron chi connectivity index (χ0n) is 14.4. The summed E-state index contributed by atoms with van der Waals surface area (Å²) in [5.41, 5.74) is 2.08. The van der Waals surface area contributed by atoms with E-state index in [-0.39, 0.29) is 5.91 Å². The van der Waals surface area contributed by atoms with Crippen LogP contribution >= 0.6 is 22.9 Å². The summed E-state index contributed by atoms with van der Waals surface area (Å²) in [7, 11) is 0. The van der Waals surface area contributed by atoms with Crippen molar-refractivity contribution in [2.45, 2.75) is 39.0 Å². The van der Waals surface area contributed by atoms with Gasteiger partial charge in [0, 0.05) is 22.5 Å². The number of Topliss-reactive ketones (excluding diaryl/α,β-unsaturated/α-hetero) is 1. The van der Waals surface area contributed by atoms with Crippen molar-refractivity contribution in [2.75, 3.05) is 10.6 Å². The maximum absolute atomic E-state index is 12.9. The van der Waals surface area contributed by atoms with Crippen LogP contribution in [0, 0.1) is 0 Å². The Bertz CT molecular complexity index is 858. The Morgan fingerprint density at radius 2 is 1.69 bits per heavy atom. The Morgan fingerprint density at radius 3 is 2.38 bits per heavy atom. The van der Waals surface area contributed by atoms with Gasteiger partial charge >= 0.3 is 0 Å². The van der Waals surface area contributed by atoms with E-state index in [1.165, 1.54) is 18.3 Å². The van der Waals surface area contributed by atoms with Crippen molar-refractivity contribution in [3.63, 3.8) is 0 Å². The smallest absolute Gasteiger partial charge is 0.292 e. The molecule has 2 amide bonds. The summed E-state index contributed by atoms with van der Waals surface area (Å²) in [6.07, 6.45) is 4.87. The van der Waals surface area contributed by atoms with E-state index in [9.17, 15) is 14.4 Å². The largest absolute Gasteiger partial charge is 0.322 e. The van der Waals surface area contributed by atoms with E-state index in [1.54, 1.807) is 24.3 Å². The molecule has 136 valence electrons. The second-order valence-corrected chi connectivity index (χ2v) is 7.78. The number of benzene rings is 1. The number of carbonyl (C=O) groups is 3. The van der Waals surface area contributed by atoms with Crippen molar-refractivity contribution < 1.29 is 14.4 Å². The van der Waals surface area contributed by atoms with Crippen LogP contribution in [0.1, 0.15) is 47.0 Å². The van der Waals surface area contributed by atoms with E-state index >= 15 is 0 Å². The van der Waals surface area contributed by atoms with Crippen LogP contribution in [0.15, 0.2) is 24.3 Å². The number of nitrogens with one attached hydrogen (secondary N) is 2. The molecule has 3 rings (SSSR count). The zero-order chi connectivity index (χ0) is 18.7. The standard InChI is InChI=1S/C19H19ClN2O3S/c1-11(23)17(24)22-19-16(14-5-3-2-4-6-15(14)26-19)18(25)21-13-9-7-12(20)8-10-13/h7-10H,2-6H2,1H3,(H,21,25)(H,22,24). The van der Waals surface area contributed by atoms with Crippen molar-refractivity contribution in [1.29, 1.82) is 0 Å². The molecule has 2 aromatic rings. The molecule has 1 aromatic heterocycles. The molecule has 26 heavy (non-hydrogen) atoms. The SMILES string of the molecule is CC(=O)C(=O)Nc1sc2c(c1C(=O)Nc1ccc(Cl)cc1)CCCCC2. The highest BCUT2D eigenvalue weighted by atomic mass is 35.5. The fraction of sp³-hybridized carbons (Fsp3) is 0.316. The average Bonchev–Trinajstić information content (AvgIpc) is 2.78. The molecule has 0 saturated heterocycles. The van der Waals surface area contributed by atoms with Crippen molar-refractivity contribution >= 4 is 51.2 Å². The van der Waals surface area contributed by atoms with Gasteiger partial charge in [-0.1, -0.05) is 18.0 Å². The molecule has 0 saturated carbocycles. The number of anilines is 2. The Hall–Kier alpha value is -2.18. The van der Waals surface area contributed by atoms with Crippen LogP contribution < -0.4 is 10.6 Å². The van der Waals surface area contributed by atoms with Gasteiger partial charge in [-0.2, -0.15) is 0 Å². The molecular weight excluding hydrogens is 372 g/mol. The first-order valence-electron chi connectivity index (χ1n) is 8.49. The van der Waals surface area contributed by atoms with Crippen LogP contribution in [0.5, 0.6) is 0 Å². The number of amides is 2. The summed E-state index contributed by atoms with van der Waals surface area (Å²) in [5.74, 6) is -1.58. The number of aryl methyl sites for hydroxylation is 1. The van der Waals surface area contributed by atoms with Gasteiger partial charge in [-0.15, -0.1) is 11.3 Å². The molecule has 0 atom stereocenters. The number of halogens is 1. The molecule has 0 spiro atoms. The van der Waals surface area contributed by atoms with Crippen LogP contribution in [0.4, 0.5) is 10.7 Å². The van der Waals surface area contributed by atoms with E-state index in [4.69, 9.17) is 11.6 Å². The van der Waals surface area contributed by atoms with Gasteiger partial charge in [0.2, 0.25) is 5.78 Å². The highest BCUT2D eigenvalue weighted by Gasteiger charge is 2.26. The predicted octanol–water partition coefficient (Wildman–Crippen LogP) is 4.45. The van der Waals surface area contributed by atoms with Gasteiger partial charge in [0.1, 0.15) is 5.00 Å². The topological polar surface area (TPSA) is 75.3 Å². The number of thiophene rings is 1. The predicted molar refractivity (Wildman–Crippen MR) is 104 cm³/mol. The Kier molecular flexibility index (Phi) is 5.74. The average molecular weight is 391 g/mol. The lowest BCUT2D eigenvalue weighted by Gasteiger charge is -2.10. The number of ketones is 1. The summed E-state index contributed by atoms with van der Waals surface area (Å²) in [4.78, 5) is 37.2. The highest BCUT2D eigenvalue weighted by Crippen LogP contribution is 2.38. The third kappa shape index (κ3) is 4.14. The molecule has 1 heterocycles. The molecule has 5 nitrogen and oxygen atoms in total. The molecule has 7 heteroatoms. The minimum absolute atomic E-state index is 0.287. The Labute approximate surface area is 160 Å². The van der Waals surface area contributed by atoms with Gasteiger partial charge in [-0.25, -0.2) is 0 Å². The van der Waals surface area contributed by atoms with Gasteiger partial charge in [0.05, 0.1) is 5.56 Å². The second kappa shape index (κ2) is 8.01. The number of carbonyl (C=O) groups excluding carboxylic acids is 3. The van der Waals surface area contributed by atoms with Crippen molar-refractivity contribution in [3.05, 3.63) is 45.3 Å². The molecular formula is C19H19ClN2O3S. The molecule has 0 radical (unpaired) electrons. The third-order valence-corrected chi connectivity index (χ3v) is 5.76. The highest BCUT2D eigenvalue weighted by molar-refractivity contribution is 7.17. The second-order valence-electron chi connectivity index (χ2n) is 6.24. The Morgan fingerprint density at radius 1 is 1.00 bits per heavy atom. The first kappa shape index (κ1) is 18.6. The number of fused-ring (bicyclic) bond motifs is 1. The van der Waals surface area contributed by atoms with Crippen molar-refractivity contribution in [2.24, 2.45) is 0 Å². The maximum atomic E-state index is 12.9. The quantitative estimate of drug-likeness (QED) is 0.598. The summed E-state index contributed by atoms with van der Waals surface area (Å²) in [6, 6.07) is 6.84. The van der Waals surface area contributed by atoms with Gasteiger partial charge in [0.15, 0.2) is 0 Å². The zero-order valence-corrected chi connectivity index (χ0v) is 15.9. The van der Waals surface area contributed by atoms with Gasteiger partial charge in [-0.05, 0) is 55.5 Å². The van der Waals surface area contributed by atoms with E-state index in [1.807, 2.05) is 0 Å². The lowest BCUT2D eigenvalue weighted by molar-refractivity contribution is -0.133. The molecule has 0 fully saturated rings. The first-order valence-corrected chi connectivity index (χ1v) is 9.68. The fourth-order valence-electron chi connectivity index (χ4n) is 2.99. The number of rotatable bonds is 4. The fourth-order valence-corrected chi connectivity index (χ4v) is 4.40. The molecule has 1 aliphatic carbocycles. The van der Waals surface area contributed by atoms with Gasteiger partial charge in [0.25, 0.3) is 11.8 Å². The van der Waals surface area contributed by atoms with Crippen LogP contribution in [-0.4, -0.2) is 17.6 Å². The molecule has 0 unspecified atom stereocenters. The Balaban J connectivity index is 1.95. The summed E-state index contributed by atoms with van der Waals surface area (Å²) < 4.78 is 0. The maximum Gasteiger partial charge on any atom is 0.292 e. The first-order chi connectivity index (χ1) is 12.5. The third-order valence-electron chi connectivity index (χ3n) is 4.30. The van der Waals surface area contributed by atoms with Crippen LogP contribution in [0.25, 0.3) is 0 Å². The van der Waals surface area contributed by atoms with Crippen LogP contribution in [0.2, 0.25) is 5.02 Å². The summed E-state index contributed by atoms with van der Waals surface area (Å²) in [5, 5.41) is 6.50. The number of hydrogen-bond donors (Lipinski definition) is 2. The number of hydrogen-bond acceptors (Lipinski definition) is 4. The van der Waals surface area contributed by atoms with Gasteiger partial charge < -0.3 is 10.6 Å². The van der Waals surface area contributed by atoms with E-state index in [0.717, 1.165) is 42.5 Å². The summed E-state index contributed by atoms with van der Waals surface area (Å²) >= 11 is 7.28. The molecule has 0 aliphatic heterocycles. The normalized spacial score (nSPS) is 13.5. The molecule has 1 aliphatic rings. The van der Waals surface area contributed by atoms with Crippen LogP contribution in [-0.2, 0) is 22.4 Å². The lowest BCUT2D eigenvalue weighted by atomic mass is 10.0. The monoisotopic (exact) mass is 390 g/mol. The van der Waals surface area contributed by atoms with Crippen molar-refractivity contribution in [3.8, 4) is 0 Å².